The number of benzene rings is 1. The fourth-order valence-corrected chi connectivity index (χ4v) is 3.37. The Morgan fingerprint density at radius 1 is 0.933 bits per heavy atom. The summed E-state index contributed by atoms with van der Waals surface area (Å²) in [7, 11) is 0. The molecular weight excluding hydrogens is 384 g/mol. The molecule has 2 aromatic heterocycles. The van der Waals surface area contributed by atoms with E-state index in [1.54, 1.807) is 21.9 Å². The van der Waals surface area contributed by atoms with Crippen LogP contribution in [-0.2, 0) is 6.54 Å². The normalized spacial score (nSPS) is 14.0. The molecule has 0 atom stereocenters. The van der Waals surface area contributed by atoms with Gasteiger partial charge >= 0.3 is 0 Å². The molecule has 8 heteroatoms. The van der Waals surface area contributed by atoms with E-state index in [2.05, 4.69) is 5.10 Å². The van der Waals surface area contributed by atoms with Crippen molar-refractivity contribution in [1.82, 2.24) is 19.6 Å². The van der Waals surface area contributed by atoms with Crippen LogP contribution in [0.1, 0.15) is 32.2 Å². The summed E-state index contributed by atoms with van der Waals surface area (Å²) in [4.78, 5) is 40.8. The van der Waals surface area contributed by atoms with Crippen LogP contribution in [0.3, 0.4) is 0 Å². The van der Waals surface area contributed by atoms with Crippen LogP contribution in [0.4, 0.5) is 0 Å². The van der Waals surface area contributed by atoms with Crippen molar-refractivity contribution in [2.75, 3.05) is 26.2 Å². The molecule has 1 aromatic carbocycles. The van der Waals surface area contributed by atoms with E-state index >= 15 is 0 Å². The summed E-state index contributed by atoms with van der Waals surface area (Å²) in [6.45, 7) is 3.90. The van der Waals surface area contributed by atoms with Gasteiger partial charge in [0.05, 0.1) is 12.8 Å². The van der Waals surface area contributed by atoms with E-state index in [1.807, 2.05) is 31.2 Å². The second-order valence-corrected chi connectivity index (χ2v) is 7.26. The third-order valence-electron chi connectivity index (χ3n) is 5.12. The molecule has 8 nitrogen and oxygen atoms in total. The largest absolute Gasteiger partial charge is 0.459 e. The quantitative estimate of drug-likeness (QED) is 0.659. The number of hydrogen-bond donors (Lipinski definition) is 0. The van der Waals surface area contributed by atoms with Crippen LogP contribution in [0.15, 0.2) is 64.0 Å². The predicted molar refractivity (Wildman–Crippen MR) is 109 cm³/mol. The van der Waals surface area contributed by atoms with Gasteiger partial charge in [0.2, 0.25) is 0 Å². The lowest BCUT2D eigenvalue weighted by Crippen LogP contribution is -2.50. The highest BCUT2D eigenvalue weighted by atomic mass is 16.3. The molecule has 154 valence electrons. The van der Waals surface area contributed by atoms with Gasteiger partial charge in [-0.25, -0.2) is 4.68 Å². The summed E-state index contributed by atoms with van der Waals surface area (Å²) in [5.41, 5.74) is 2.02. The Morgan fingerprint density at radius 2 is 1.60 bits per heavy atom. The smallest absolute Gasteiger partial charge is 0.289 e. The van der Waals surface area contributed by atoms with Crippen molar-refractivity contribution >= 4 is 11.8 Å². The summed E-state index contributed by atoms with van der Waals surface area (Å²) in [6.07, 6.45) is 1.46. The van der Waals surface area contributed by atoms with Gasteiger partial charge in [0.25, 0.3) is 17.4 Å². The Morgan fingerprint density at radius 3 is 2.23 bits per heavy atom. The molecule has 0 N–H and O–H groups in total. The van der Waals surface area contributed by atoms with Gasteiger partial charge < -0.3 is 14.2 Å². The van der Waals surface area contributed by atoms with Gasteiger partial charge in [-0.05, 0) is 30.7 Å². The van der Waals surface area contributed by atoms with Gasteiger partial charge in [0.15, 0.2) is 5.76 Å². The topological polar surface area (TPSA) is 88.7 Å². The summed E-state index contributed by atoms with van der Waals surface area (Å²) in [5, 5.41) is 4.28. The Balaban J connectivity index is 1.43. The molecule has 2 amide bonds. The number of aromatic nitrogens is 2. The average molecular weight is 406 g/mol. The SMILES string of the molecule is Cc1ccc(Cn2nc(C(=O)N3CCN(C(=O)c4ccco4)CC3)ccc2=O)cc1. The van der Waals surface area contributed by atoms with Crippen molar-refractivity contribution in [2.45, 2.75) is 13.5 Å². The number of nitrogens with zero attached hydrogens (tertiary/aromatic N) is 4. The monoisotopic (exact) mass is 406 g/mol. The van der Waals surface area contributed by atoms with Gasteiger partial charge in [0, 0.05) is 32.2 Å². The standard InChI is InChI=1S/C22H22N4O4/c1-16-4-6-17(7-5-16)15-26-20(27)9-8-18(23-26)21(28)24-10-12-25(13-11-24)22(29)19-3-2-14-30-19/h2-9,14H,10-13,15H2,1H3. The second kappa shape index (κ2) is 8.36. The fraction of sp³-hybridized carbons (Fsp3) is 0.273. The van der Waals surface area contributed by atoms with Crippen LogP contribution in [0.5, 0.6) is 0 Å². The van der Waals surface area contributed by atoms with Crippen LogP contribution >= 0.6 is 0 Å². The molecular formula is C22H22N4O4. The van der Waals surface area contributed by atoms with Crippen LogP contribution in [-0.4, -0.2) is 57.6 Å². The summed E-state index contributed by atoms with van der Waals surface area (Å²) in [6, 6.07) is 13.9. The minimum Gasteiger partial charge on any atom is -0.459 e. The van der Waals surface area contributed by atoms with Gasteiger partial charge in [-0.3, -0.25) is 14.4 Å². The van der Waals surface area contributed by atoms with Crippen LogP contribution in [0.2, 0.25) is 0 Å². The van der Waals surface area contributed by atoms with E-state index in [1.165, 1.54) is 23.1 Å². The van der Waals surface area contributed by atoms with E-state index < -0.39 is 0 Å². The number of hydrogen-bond acceptors (Lipinski definition) is 5. The Kier molecular flexibility index (Phi) is 5.47. The molecule has 0 bridgehead atoms. The second-order valence-electron chi connectivity index (χ2n) is 7.26. The number of amides is 2. The zero-order valence-corrected chi connectivity index (χ0v) is 16.7. The van der Waals surface area contributed by atoms with Crippen molar-refractivity contribution in [1.29, 1.82) is 0 Å². The molecule has 30 heavy (non-hydrogen) atoms. The summed E-state index contributed by atoms with van der Waals surface area (Å²) >= 11 is 0. The first-order chi connectivity index (χ1) is 14.5. The minimum absolute atomic E-state index is 0.183. The Hall–Kier alpha value is -3.68. The molecule has 1 aliphatic rings. The van der Waals surface area contributed by atoms with Crippen molar-refractivity contribution in [3.05, 3.63) is 87.7 Å². The van der Waals surface area contributed by atoms with Crippen molar-refractivity contribution in [2.24, 2.45) is 0 Å². The first kappa shape index (κ1) is 19.6. The fourth-order valence-electron chi connectivity index (χ4n) is 3.37. The summed E-state index contributed by atoms with van der Waals surface area (Å²) in [5.74, 6) is -0.144. The van der Waals surface area contributed by atoms with E-state index in [0.717, 1.165) is 11.1 Å². The maximum atomic E-state index is 12.9. The van der Waals surface area contributed by atoms with E-state index in [9.17, 15) is 14.4 Å². The number of furan rings is 1. The lowest BCUT2D eigenvalue weighted by atomic mass is 10.1. The van der Waals surface area contributed by atoms with Crippen molar-refractivity contribution < 1.29 is 14.0 Å². The van der Waals surface area contributed by atoms with Crippen LogP contribution < -0.4 is 5.56 Å². The van der Waals surface area contributed by atoms with Crippen LogP contribution in [0.25, 0.3) is 0 Å². The highest BCUT2D eigenvalue weighted by Crippen LogP contribution is 2.11. The molecule has 4 rings (SSSR count). The molecule has 1 saturated heterocycles. The third kappa shape index (κ3) is 4.17. The van der Waals surface area contributed by atoms with Crippen LogP contribution in [0, 0.1) is 6.92 Å². The number of carbonyl (C=O) groups excluding carboxylic acids is 2. The lowest BCUT2D eigenvalue weighted by Gasteiger charge is -2.34. The lowest BCUT2D eigenvalue weighted by molar-refractivity contribution is 0.0514. The van der Waals surface area contributed by atoms with Crippen molar-refractivity contribution in [3.63, 3.8) is 0 Å². The Labute approximate surface area is 173 Å². The maximum absolute atomic E-state index is 12.9. The van der Waals surface area contributed by atoms with Gasteiger partial charge in [-0.2, -0.15) is 5.10 Å². The highest BCUT2D eigenvalue weighted by molar-refractivity contribution is 5.93. The highest BCUT2D eigenvalue weighted by Gasteiger charge is 2.27. The number of aryl methyl sites for hydroxylation is 1. The molecule has 0 radical (unpaired) electrons. The first-order valence-corrected chi connectivity index (χ1v) is 9.77. The maximum Gasteiger partial charge on any atom is 0.289 e. The first-order valence-electron chi connectivity index (χ1n) is 9.77. The van der Waals surface area contributed by atoms with E-state index in [4.69, 9.17) is 4.42 Å². The number of piperazine rings is 1. The van der Waals surface area contributed by atoms with Crippen molar-refractivity contribution in [3.8, 4) is 0 Å². The zero-order valence-electron chi connectivity index (χ0n) is 16.7. The van der Waals surface area contributed by atoms with E-state index in [-0.39, 0.29) is 23.1 Å². The minimum atomic E-state index is -0.263. The average Bonchev–Trinajstić information content (AvgIpc) is 3.31. The number of carbonyl (C=O) groups is 2. The Bertz CT molecular complexity index is 1090. The molecule has 3 aromatic rings. The molecule has 0 aliphatic carbocycles. The molecule has 0 saturated carbocycles. The molecule has 3 heterocycles. The summed E-state index contributed by atoms with van der Waals surface area (Å²) < 4.78 is 6.46. The molecule has 0 unspecified atom stereocenters. The molecule has 0 spiro atoms. The predicted octanol–water partition coefficient (Wildman–Crippen LogP) is 1.79. The van der Waals surface area contributed by atoms with Gasteiger partial charge in [-0.1, -0.05) is 29.8 Å². The molecule has 1 fully saturated rings. The van der Waals surface area contributed by atoms with E-state index in [0.29, 0.717) is 38.5 Å². The third-order valence-corrected chi connectivity index (χ3v) is 5.12. The van der Waals surface area contributed by atoms with Gasteiger partial charge in [-0.15, -0.1) is 0 Å². The zero-order chi connectivity index (χ0) is 21.1. The van der Waals surface area contributed by atoms with Gasteiger partial charge in [0.1, 0.15) is 5.69 Å². The molecule has 1 aliphatic heterocycles. The number of rotatable bonds is 4.